The zero-order valence-electron chi connectivity index (χ0n) is 20.7. The minimum Gasteiger partial charge on any atom is -0.386 e. The number of hydrogen-bond acceptors (Lipinski definition) is 5. The summed E-state index contributed by atoms with van der Waals surface area (Å²) in [6.45, 7) is 3.18. The van der Waals surface area contributed by atoms with E-state index in [0.717, 1.165) is 6.07 Å². The molecule has 0 aliphatic heterocycles. The van der Waals surface area contributed by atoms with E-state index in [9.17, 15) is 23.1 Å². The van der Waals surface area contributed by atoms with Crippen molar-refractivity contribution in [2.45, 2.75) is 25.6 Å². The Kier molecular flexibility index (Phi) is 6.39. The standard InChI is InChI=1S/C28H21F4N5O2/c1-27(2,39)17-9-10-22-35-23(16-7-4-3-5-8-16)25(37(22)15-17)36-26(38)19-13-18(24-33-11-6-12-34-24)20(14-21(19)29)28(30,31)32/h3-15,39H,1-2H3,(H,36,38). The van der Waals surface area contributed by atoms with Gasteiger partial charge in [0.1, 0.15) is 23.0 Å². The van der Waals surface area contributed by atoms with E-state index in [-0.39, 0.29) is 17.7 Å². The number of nitrogens with zero attached hydrogens (tertiary/aromatic N) is 4. The Balaban J connectivity index is 1.66. The third-order valence-electron chi connectivity index (χ3n) is 6.07. The molecule has 5 aromatic rings. The van der Waals surface area contributed by atoms with E-state index in [1.165, 1.54) is 22.9 Å². The molecule has 1 amide bonds. The minimum absolute atomic E-state index is 0.143. The molecule has 2 aromatic carbocycles. The third-order valence-corrected chi connectivity index (χ3v) is 6.07. The van der Waals surface area contributed by atoms with E-state index in [1.54, 1.807) is 62.5 Å². The van der Waals surface area contributed by atoms with E-state index in [2.05, 4.69) is 20.3 Å². The molecule has 0 fully saturated rings. The SMILES string of the molecule is CC(C)(O)c1ccc2nc(-c3ccccc3)c(NC(=O)c3cc(-c4ncccn4)c(C(F)(F)F)cc3F)n2c1. The number of amides is 1. The van der Waals surface area contributed by atoms with Crippen molar-refractivity contribution < 1.29 is 27.5 Å². The van der Waals surface area contributed by atoms with E-state index in [0.29, 0.717) is 22.5 Å². The molecule has 0 atom stereocenters. The Morgan fingerprint density at radius 3 is 2.31 bits per heavy atom. The van der Waals surface area contributed by atoms with Crippen LogP contribution < -0.4 is 5.32 Å². The molecule has 5 rings (SSSR count). The maximum Gasteiger partial charge on any atom is 0.417 e. The maximum atomic E-state index is 15.1. The van der Waals surface area contributed by atoms with Crippen LogP contribution in [0.15, 0.2) is 79.3 Å². The number of halogens is 4. The van der Waals surface area contributed by atoms with Gasteiger partial charge in [-0.1, -0.05) is 36.4 Å². The molecule has 0 aliphatic carbocycles. The number of rotatable bonds is 5. The van der Waals surface area contributed by atoms with Crippen molar-refractivity contribution in [1.82, 2.24) is 19.4 Å². The molecule has 0 aliphatic rings. The van der Waals surface area contributed by atoms with Gasteiger partial charge in [-0.25, -0.2) is 19.3 Å². The van der Waals surface area contributed by atoms with Crippen LogP contribution in [0.5, 0.6) is 0 Å². The van der Waals surface area contributed by atoms with Crippen molar-refractivity contribution in [2.75, 3.05) is 5.32 Å². The highest BCUT2D eigenvalue weighted by atomic mass is 19.4. The fourth-order valence-corrected chi connectivity index (χ4v) is 4.10. The first-order chi connectivity index (χ1) is 18.4. The lowest BCUT2D eigenvalue weighted by Crippen LogP contribution is -2.19. The Morgan fingerprint density at radius 1 is 0.974 bits per heavy atom. The van der Waals surface area contributed by atoms with E-state index < -0.39 is 40.2 Å². The second-order valence-corrected chi connectivity index (χ2v) is 9.28. The lowest BCUT2D eigenvalue weighted by molar-refractivity contribution is -0.137. The number of aliphatic hydroxyl groups is 1. The van der Waals surface area contributed by atoms with Crippen molar-refractivity contribution in [3.8, 4) is 22.6 Å². The van der Waals surface area contributed by atoms with Gasteiger partial charge in [0.2, 0.25) is 0 Å². The molecule has 3 aromatic heterocycles. The smallest absolute Gasteiger partial charge is 0.386 e. The van der Waals surface area contributed by atoms with Gasteiger partial charge in [-0.15, -0.1) is 0 Å². The number of fused-ring (bicyclic) bond motifs is 1. The predicted molar refractivity (Wildman–Crippen MR) is 136 cm³/mol. The van der Waals surface area contributed by atoms with Gasteiger partial charge in [0.25, 0.3) is 5.91 Å². The molecule has 0 radical (unpaired) electrons. The zero-order valence-corrected chi connectivity index (χ0v) is 20.7. The van der Waals surface area contributed by atoms with E-state index in [4.69, 9.17) is 0 Å². The van der Waals surface area contributed by atoms with Gasteiger partial charge in [0.15, 0.2) is 5.82 Å². The van der Waals surface area contributed by atoms with Crippen LogP contribution in [0.2, 0.25) is 0 Å². The molecule has 39 heavy (non-hydrogen) atoms. The first-order valence-electron chi connectivity index (χ1n) is 11.7. The van der Waals surface area contributed by atoms with Gasteiger partial charge in [0, 0.05) is 29.7 Å². The molecule has 0 saturated carbocycles. The topological polar surface area (TPSA) is 92.4 Å². The van der Waals surface area contributed by atoms with Gasteiger partial charge in [-0.2, -0.15) is 13.2 Å². The van der Waals surface area contributed by atoms with Crippen molar-refractivity contribution in [3.05, 3.63) is 102 Å². The number of carbonyl (C=O) groups is 1. The quantitative estimate of drug-likeness (QED) is 0.266. The Morgan fingerprint density at radius 2 is 1.67 bits per heavy atom. The second-order valence-electron chi connectivity index (χ2n) is 9.28. The summed E-state index contributed by atoms with van der Waals surface area (Å²) >= 11 is 0. The van der Waals surface area contributed by atoms with E-state index >= 15 is 4.39 Å². The molecule has 7 nitrogen and oxygen atoms in total. The van der Waals surface area contributed by atoms with Crippen LogP contribution in [-0.4, -0.2) is 30.4 Å². The number of pyridine rings is 1. The lowest BCUT2D eigenvalue weighted by atomic mass is 10.0. The Bertz CT molecular complexity index is 1680. The summed E-state index contributed by atoms with van der Waals surface area (Å²) in [6.07, 6.45) is -0.844. The Labute approximate surface area is 219 Å². The number of imidazole rings is 1. The van der Waals surface area contributed by atoms with Crippen LogP contribution >= 0.6 is 0 Å². The van der Waals surface area contributed by atoms with Crippen LogP contribution in [0.4, 0.5) is 23.4 Å². The summed E-state index contributed by atoms with van der Waals surface area (Å²) in [5.41, 5.74) is -1.81. The molecular weight excluding hydrogens is 514 g/mol. The fraction of sp³-hybridized carbons (Fsp3) is 0.143. The molecule has 2 N–H and O–H groups in total. The summed E-state index contributed by atoms with van der Waals surface area (Å²) in [4.78, 5) is 25.7. The second kappa shape index (κ2) is 9.59. The van der Waals surface area contributed by atoms with Gasteiger partial charge in [0.05, 0.1) is 16.7 Å². The molecule has 0 spiro atoms. The number of benzene rings is 2. The highest BCUT2D eigenvalue weighted by Crippen LogP contribution is 2.38. The van der Waals surface area contributed by atoms with Crippen LogP contribution in [0.1, 0.15) is 35.3 Å². The molecule has 11 heteroatoms. The summed E-state index contributed by atoms with van der Waals surface area (Å²) in [5, 5.41) is 13.1. The predicted octanol–water partition coefficient (Wildman–Crippen LogP) is 6.10. The van der Waals surface area contributed by atoms with Gasteiger partial charge >= 0.3 is 6.18 Å². The highest BCUT2D eigenvalue weighted by Gasteiger charge is 2.36. The fourth-order valence-electron chi connectivity index (χ4n) is 4.10. The minimum atomic E-state index is -4.92. The number of alkyl halides is 3. The maximum absolute atomic E-state index is 15.1. The summed E-state index contributed by atoms with van der Waals surface area (Å²) in [7, 11) is 0. The lowest BCUT2D eigenvalue weighted by Gasteiger charge is -2.18. The van der Waals surface area contributed by atoms with Gasteiger partial charge in [-0.05, 0) is 43.7 Å². The average Bonchev–Trinajstić information content (AvgIpc) is 3.26. The van der Waals surface area contributed by atoms with Crippen molar-refractivity contribution in [1.29, 1.82) is 0 Å². The number of hydrogen-bond donors (Lipinski definition) is 2. The first kappa shape index (κ1) is 26.0. The Hall–Kier alpha value is -4.64. The molecule has 3 heterocycles. The number of anilines is 1. The number of aromatic nitrogens is 4. The van der Waals surface area contributed by atoms with Crippen LogP contribution in [0.3, 0.4) is 0 Å². The van der Waals surface area contributed by atoms with Crippen molar-refractivity contribution in [3.63, 3.8) is 0 Å². The normalized spacial score (nSPS) is 12.1. The van der Waals surface area contributed by atoms with Crippen LogP contribution in [0.25, 0.3) is 28.3 Å². The molecule has 0 saturated heterocycles. The summed E-state index contributed by atoms with van der Waals surface area (Å²) in [5.74, 6) is -2.55. The van der Waals surface area contributed by atoms with E-state index in [1.807, 2.05) is 0 Å². The first-order valence-corrected chi connectivity index (χ1v) is 11.7. The largest absolute Gasteiger partial charge is 0.417 e. The van der Waals surface area contributed by atoms with Crippen molar-refractivity contribution in [2.24, 2.45) is 0 Å². The molecule has 0 unspecified atom stereocenters. The molecular formula is C28H21F4N5O2. The molecule has 198 valence electrons. The summed E-state index contributed by atoms with van der Waals surface area (Å²) in [6, 6.07) is 14.7. The number of nitrogens with one attached hydrogen (secondary N) is 1. The van der Waals surface area contributed by atoms with Gasteiger partial charge in [-0.3, -0.25) is 9.20 Å². The zero-order chi connectivity index (χ0) is 27.9. The number of carbonyl (C=O) groups excluding carboxylic acids is 1. The third kappa shape index (κ3) is 5.08. The molecule has 0 bridgehead atoms. The monoisotopic (exact) mass is 535 g/mol. The van der Waals surface area contributed by atoms with Gasteiger partial charge < -0.3 is 10.4 Å². The average molecular weight is 536 g/mol. The van der Waals surface area contributed by atoms with Crippen LogP contribution in [-0.2, 0) is 11.8 Å². The summed E-state index contributed by atoms with van der Waals surface area (Å²) < 4.78 is 57.8. The van der Waals surface area contributed by atoms with Crippen LogP contribution in [0, 0.1) is 5.82 Å². The van der Waals surface area contributed by atoms with Crippen molar-refractivity contribution >= 4 is 17.4 Å². The highest BCUT2D eigenvalue weighted by molar-refractivity contribution is 6.06.